The molecular formula is C20H16N2S3. The Morgan fingerprint density at radius 3 is 1.52 bits per heavy atom. The molecule has 2 nitrogen and oxygen atoms in total. The number of fused-ring (bicyclic) bond motifs is 2. The van der Waals surface area contributed by atoms with Gasteiger partial charge >= 0.3 is 0 Å². The van der Waals surface area contributed by atoms with Gasteiger partial charge in [0.05, 0.1) is 9.02 Å². The average molecular weight is 381 g/mol. The Kier molecular flexibility index (Phi) is 4.23. The summed E-state index contributed by atoms with van der Waals surface area (Å²) >= 11 is 13.1. The summed E-state index contributed by atoms with van der Waals surface area (Å²) < 4.78 is 6.00. The molecule has 5 heteroatoms. The molecule has 0 aliphatic heterocycles. The van der Waals surface area contributed by atoms with Crippen LogP contribution in [0.1, 0.15) is 0 Å². The number of aromatic nitrogens is 2. The fourth-order valence-electron chi connectivity index (χ4n) is 3.08. The van der Waals surface area contributed by atoms with Crippen molar-refractivity contribution in [3.8, 4) is 0 Å². The maximum absolute atomic E-state index is 5.75. The first-order chi connectivity index (χ1) is 12.1. The zero-order valence-corrected chi connectivity index (χ0v) is 16.3. The van der Waals surface area contributed by atoms with Crippen LogP contribution in [0.15, 0.2) is 70.7 Å². The summed E-state index contributed by atoms with van der Waals surface area (Å²) in [6, 6.07) is 16.5. The van der Waals surface area contributed by atoms with E-state index in [1.54, 1.807) is 11.8 Å². The molecule has 25 heavy (non-hydrogen) atoms. The van der Waals surface area contributed by atoms with Crippen LogP contribution in [-0.4, -0.2) is 9.13 Å². The molecule has 0 amide bonds. The number of hydrogen-bond acceptors (Lipinski definition) is 3. The van der Waals surface area contributed by atoms with Crippen LogP contribution < -0.4 is 0 Å². The van der Waals surface area contributed by atoms with E-state index < -0.39 is 0 Å². The van der Waals surface area contributed by atoms with Gasteiger partial charge in [-0.15, -0.1) is 0 Å². The van der Waals surface area contributed by atoms with Gasteiger partial charge in [0.25, 0.3) is 0 Å². The van der Waals surface area contributed by atoms with Crippen LogP contribution in [0.2, 0.25) is 0 Å². The molecule has 0 N–H and O–H groups in total. The Morgan fingerprint density at radius 1 is 0.680 bits per heavy atom. The van der Waals surface area contributed by atoms with Crippen molar-refractivity contribution in [2.75, 3.05) is 0 Å². The molecule has 0 spiro atoms. The molecule has 0 atom stereocenters. The van der Waals surface area contributed by atoms with Crippen LogP contribution in [0.4, 0.5) is 0 Å². The first kappa shape index (κ1) is 16.5. The third kappa shape index (κ3) is 2.82. The number of benzene rings is 2. The first-order valence-corrected chi connectivity index (χ1v) is 9.54. The lowest BCUT2D eigenvalue weighted by Gasteiger charge is -2.12. The summed E-state index contributed by atoms with van der Waals surface area (Å²) in [5.41, 5.74) is 2.28. The van der Waals surface area contributed by atoms with E-state index in [2.05, 4.69) is 59.9 Å². The first-order valence-electron chi connectivity index (χ1n) is 7.91. The monoisotopic (exact) mass is 380 g/mol. The van der Waals surface area contributed by atoms with E-state index in [-0.39, 0.29) is 0 Å². The van der Waals surface area contributed by atoms with Crippen molar-refractivity contribution < 1.29 is 0 Å². The van der Waals surface area contributed by atoms with E-state index in [0.29, 0.717) is 0 Å². The van der Waals surface area contributed by atoms with Crippen LogP contribution in [0.25, 0.3) is 21.8 Å². The highest BCUT2D eigenvalue weighted by molar-refractivity contribution is 7.99. The molecule has 0 bridgehead atoms. The smallest absolute Gasteiger partial charge is 0.0624 e. The van der Waals surface area contributed by atoms with E-state index in [9.17, 15) is 0 Å². The molecule has 0 saturated carbocycles. The van der Waals surface area contributed by atoms with Crippen LogP contribution in [-0.2, 0) is 14.1 Å². The van der Waals surface area contributed by atoms with Crippen molar-refractivity contribution >= 4 is 58.0 Å². The Hall–Kier alpha value is -1.95. The standard InChI is InChI=1S/C20H16N2S3/c1-21-11-17(19(23)13-7-3-5-9-15(13)21)25-18-12-22(2)16-10-6-4-8-14(16)20(18)24/h3-12H,1-2H3. The zero-order valence-electron chi connectivity index (χ0n) is 13.9. The Morgan fingerprint density at radius 2 is 1.08 bits per heavy atom. The van der Waals surface area contributed by atoms with Crippen molar-refractivity contribution in [2.45, 2.75) is 9.79 Å². The molecule has 0 radical (unpaired) electrons. The summed E-state index contributed by atoms with van der Waals surface area (Å²) in [5.74, 6) is 0. The molecule has 4 aromatic rings. The fourth-order valence-corrected chi connectivity index (χ4v) is 4.85. The van der Waals surface area contributed by atoms with Crippen LogP contribution in [0.5, 0.6) is 0 Å². The summed E-state index contributed by atoms with van der Waals surface area (Å²) in [6.07, 6.45) is 4.19. The van der Waals surface area contributed by atoms with E-state index in [4.69, 9.17) is 24.4 Å². The van der Waals surface area contributed by atoms with Crippen molar-refractivity contribution in [1.29, 1.82) is 0 Å². The number of rotatable bonds is 2. The second-order valence-electron chi connectivity index (χ2n) is 6.00. The predicted octanol–water partition coefficient (Wildman–Crippen LogP) is 6.28. The van der Waals surface area contributed by atoms with Gasteiger partial charge in [0.15, 0.2) is 0 Å². The SMILES string of the molecule is Cn1cc(Sc2cn(C)c3ccccc3c2=S)c(=S)c2ccccc21. The fraction of sp³-hybridized carbons (Fsp3) is 0.100. The molecule has 2 aromatic carbocycles. The molecule has 2 heterocycles. The minimum absolute atomic E-state index is 0.879. The number of pyridine rings is 2. The zero-order chi connectivity index (χ0) is 17.6. The minimum atomic E-state index is 0.879. The Labute approximate surface area is 160 Å². The molecule has 4 rings (SSSR count). The van der Waals surface area contributed by atoms with Gasteiger partial charge in [-0.3, -0.25) is 0 Å². The van der Waals surface area contributed by atoms with Gasteiger partial charge in [-0.05, 0) is 12.1 Å². The van der Waals surface area contributed by atoms with Crippen LogP contribution >= 0.6 is 36.2 Å². The highest BCUT2D eigenvalue weighted by Crippen LogP contribution is 2.34. The molecule has 2 aromatic heterocycles. The Balaban J connectivity index is 1.92. The molecule has 0 unspecified atom stereocenters. The van der Waals surface area contributed by atoms with Gasteiger partial charge in [0.2, 0.25) is 0 Å². The third-order valence-electron chi connectivity index (χ3n) is 4.35. The highest BCUT2D eigenvalue weighted by atomic mass is 32.2. The van der Waals surface area contributed by atoms with Crippen molar-refractivity contribution in [3.05, 3.63) is 69.9 Å². The predicted molar refractivity (Wildman–Crippen MR) is 112 cm³/mol. The summed E-state index contributed by atoms with van der Waals surface area (Å²) in [5, 5.41) is 2.20. The maximum atomic E-state index is 5.75. The largest absolute Gasteiger partial charge is 0.349 e. The molecule has 0 aliphatic carbocycles. The van der Waals surface area contributed by atoms with E-state index in [1.165, 1.54) is 0 Å². The lowest BCUT2D eigenvalue weighted by molar-refractivity contribution is 0.920. The number of aryl methyl sites for hydroxylation is 2. The highest BCUT2D eigenvalue weighted by Gasteiger charge is 2.10. The van der Waals surface area contributed by atoms with Crippen LogP contribution in [0, 0.1) is 9.02 Å². The molecule has 124 valence electrons. The minimum Gasteiger partial charge on any atom is -0.349 e. The lowest BCUT2D eigenvalue weighted by Crippen LogP contribution is -1.96. The van der Waals surface area contributed by atoms with Gasteiger partial charge in [0.1, 0.15) is 0 Å². The van der Waals surface area contributed by atoms with E-state index in [1.807, 2.05) is 24.3 Å². The third-order valence-corrected chi connectivity index (χ3v) is 6.54. The van der Waals surface area contributed by atoms with E-state index >= 15 is 0 Å². The number of para-hydroxylation sites is 2. The second-order valence-corrected chi connectivity index (χ2v) is 7.90. The normalized spacial score (nSPS) is 11.3. The summed E-state index contributed by atoms with van der Waals surface area (Å²) in [7, 11) is 4.10. The topological polar surface area (TPSA) is 9.86 Å². The van der Waals surface area contributed by atoms with Gasteiger partial charge in [-0.1, -0.05) is 72.6 Å². The van der Waals surface area contributed by atoms with Crippen molar-refractivity contribution in [1.82, 2.24) is 9.13 Å². The molecule has 0 aliphatic rings. The van der Waals surface area contributed by atoms with Crippen molar-refractivity contribution in [2.24, 2.45) is 14.1 Å². The molecular weight excluding hydrogens is 364 g/mol. The van der Waals surface area contributed by atoms with Gasteiger partial charge in [0, 0.05) is 58.1 Å². The quantitative estimate of drug-likeness (QED) is 0.379. The van der Waals surface area contributed by atoms with Gasteiger partial charge in [-0.2, -0.15) is 0 Å². The van der Waals surface area contributed by atoms with E-state index in [0.717, 1.165) is 40.6 Å². The maximum Gasteiger partial charge on any atom is 0.0624 e. The second kappa shape index (κ2) is 6.41. The number of hydrogen-bond donors (Lipinski definition) is 0. The number of nitrogens with zero attached hydrogens (tertiary/aromatic N) is 2. The van der Waals surface area contributed by atoms with Crippen molar-refractivity contribution in [3.63, 3.8) is 0 Å². The van der Waals surface area contributed by atoms with Gasteiger partial charge in [-0.25, -0.2) is 0 Å². The average Bonchev–Trinajstić information content (AvgIpc) is 2.64. The van der Waals surface area contributed by atoms with Gasteiger partial charge < -0.3 is 9.13 Å². The Bertz CT molecular complexity index is 1140. The summed E-state index contributed by atoms with van der Waals surface area (Å²) in [4.78, 5) is 2.11. The molecule has 0 saturated heterocycles. The van der Waals surface area contributed by atoms with Crippen LogP contribution in [0.3, 0.4) is 0 Å². The lowest BCUT2D eigenvalue weighted by atomic mass is 10.2. The summed E-state index contributed by atoms with van der Waals surface area (Å²) in [6.45, 7) is 0. The molecule has 0 fully saturated rings.